The molecule has 1 aromatic rings. The molecule has 0 radical (unpaired) electrons. The average Bonchev–Trinajstić information content (AvgIpc) is 2.17. The zero-order valence-corrected chi connectivity index (χ0v) is 9.12. The van der Waals surface area contributed by atoms with E-state index in [-0.39, 0.29) is 0 Å². The van der Waals surface area contributed by atoms with E-state index in [0.29, 0.717) is 0 Å². The highest BCUT2D eigenvalue weighted by atomic mass is 32.2. The lowest BCUT2D eigenvalue weighted by atomic mass is 10.3. The monoisotopic (exact) mass is 247 g/mol. The maximum absolute atomic E-state index is 13.2. The Bertz CT molecular complexity index is 485. The van der Waals surface area contributed by atoms with Gasteiger partial charge in [-0.3, -0.25) is 0 Å². The highest BCUT2D eigenvalue weighted by molar-refractivity contribution is 7.91. The van der Waals surface area contributed by atoms with E-state index in [4.69, 9.17) is 5.73 Å². The third-order valence-corrected chi connectivity index (χ3v) is 3.63. The number of nitrogens with two attached hydrogens (primary N) is 1. The van der Waals surface area contributed by atoms with Gasteiger partial charge in [0.15, 0.2) is 9.84 Å². The number of halogens is 2. The van der Waals surface area contributed by atoms with Gasteiger partial charge in [0.1, 0.15) is 16.9 Å². The Morgan fingerprint density at radius 3 is 2.56 bits per heavy atom. The standard InChI is InChI=1S/C10H11F2NO2S/c11-8(5-6-13)7-16(14,15)10-4-2-1-3-9(10)12/h1-6,8H,7,13H2/b6-5-. The summed E-state index contributed by atoms with van der Waals surface area (Å²) in [4.78, 5) is -0.497. The number of alkyl halides is 1. The first-order valence-electron chi connectivity index (χ1n) is 4.47. The molecular weight excluding hydrogens is 236 g/mol. The molecule has 1 rings (SSSR count). The van der Waals surface area contributed by atoms with Crippen molar-refractivity contribution in [2.45, 2.75) is 11.1 Å². The van der Waals surface area contributed by atoms with Crippen LogP contribution < -0.4 is 5.73 Å². The molecule has 0 spiro atoms. The fourth-order valence-corrected chi connectivity index (χ4v) is 2.53. The normalized spacial score (nSPS) is 14.1. The zero-order chi connectivity index (χ0) is 12.2. The van der Waals surface area contributed by atoms with E-state index in [9.17, 15) is 17.2 Å². The van der Waals surface area contributed by atoms with Crippen LogP contribution in [0, 0.1) is 5.82 Å². The molecule has 0 aliphatic heterocycles. The second-order valence-electron chi connectivity index (χ2n) is 3.11. The average molecular weight is 247 g/mol. The Morgan fingerprint density at radius 1 is 1.38 bits per heavy atom. The third kappa shape index (κ3) is 3.03. The number of allylic oxidation sites excluding steroid dienone is 1. The minimum Gasteiger partial charge on any atom is -0.405 e. The molecule has 0 saturated heterocycles. The molecule has 6 heteroatoms. The van der Waals surface area contributed by atoms with Crippen molar-refractivity contribution in [2.24, 2.45) is 5.73 Å². The molecule has 2 N–H and O–H groups in total. The van der Waals surface area contributed by atoms with Crippen LogP contribution in [0.25, 0.3) is 0 Å². The van der Waals surface area contributed by atoms with Crippen LogP contribution in [0.4, 0.5) is 8.78 Å². The molecule has 0 aliphatic rings. The molecule has 0 fully saturated rings. The van der Waals surface area contributed by atoms with Crippen LogP contribution in [0.2, 0.25) is 0 Å². The van der Waals surface area contributed by atoms with Crippen molar-refractivity contribution >= 4 is 9.84 Å². The topological polar surface area (TPSA) is 60.2 Å². The minimum absolute atomic E-state index is 0.497. The van der Waals surface area contributed by atoms with Crippen LogP contribution in [0.5, 0.6) is 0 Å². The van der Waals surface area contributed by atoms with Gasteiger partial charge in [-0.2, -0.15) is 0 Å². The van der Waals surface area contributed by atoms with Gasteiger partial charge >= 0.3 is 0 Å². The smallest absolute Gasteiger partial charge is 0.184 e. The quantitative estimate of drug-likeness (QED) is 0.875. The molecule has 1 unspecified atom stereocenters. The predicted molar refractivity (Wildman–Crippen MR) is 56.7 cm³/mol. The molecule has 0 saturated carbocycles. The summed E-state index contributed by atoms with van der Waals surface area (Å²) < 4.78 is 49.4. The lowest BCUT2D eigenvalue weighted by Gasteiger charge is -2.06. The maximum atomic E-state index is 13.2. The third-order valence-electron chi connectivity index (χ3n) is 1.87. The molecule has 0 heterocycles. The van der Waals surface area contributed by atoms with Gasteiger partial charge in [0, 0.05) is 0 Å². The first-order valence-corrected chi connectivity index (χ1v) is 6.12. The zero-order valence-electron chi connectivity index (χ0n) is 8.31. The number of rotatable bonds is 4. The van der Waals surface area contributed by atoms with Crippen molar-refractivity contribution in [3.05, 3.63) is 42.4 Å². The van der Waals surface area contributed by atoms with Gasteiger partial charge in [0.2, 0.25) is 0 Å². The lowest BCUT2D eigenvalue weighted by molar-refractivity contribution is 0.427. The largest absolute Gasteiger partial charge is 0.405 e. The fraction of sp³-hybridized carbons (Fsp3) is 0.200. The molecule has 88 valence electrons. The lowest BCUT2D eigenvalue weighted by Crippen LogP contribution is -2.17. The molecule has 0 aliphatic carbocycles. The van der Waals surface area contributed by atoms with Gasteiger partial charge in [-0.05, 0) is 24.4 Å². The second-order valence-corrected chi connectivity index (χ2v) is 5.12. The summed E-state index contributed by atoms with van der Waals surface area (Å²) >= 11 is 0. The van der Waals surface area contributed by atoms with Gasteiger partial charge in [-0.25, -0.2) is 17.2 Å². The van der Waals surface area contributed by atoms with E-state index >= 15 is 0 Å². The molecule has 0 bridgehead atoms. The Morgan fingerprint density at radius 2 is 2.00 bits per heavy atom. The summed E-state index contributed by atoms with van der Waals surface area (Å²) in [5, 5.41) is 0. The van der Waals surface area contributed by atoms with E-state index in [1.54, 1.807) is 0 Å². The van der Waals surface area contributed by atoms with Crippen molar-refractivity contribution in [1.29, 1.82) is 0 Å². The van der Waals surface area contributed by atoms with Crippen LogP contribution in [0.3, 0.4) is 0 Å². The molecule has 1 atom stereocenters. The molecule has 1 aromatic carbocycles. The van der Waals surface area contributed by atoms with E-state index in [1.165, 1.54) is 12.1 Å². The first-order chi connectivity index (χ1) is 7.47. The Balaban J connectivity index is 3.00. The summed E-state index contributed by atoms with van der Waals surface area (Å²) in [5.41, 5.74) is 4.93. The van der Waals surface area contributed by atoms with Gasteiger partial charge < -0.3 is 5.73 Å². The van der Waals surface area contributed by atoms with Crippen molar-refractivity contribution in [2.75, 3.05) is 5.75 Å². The Labute approximate surface area is 92.5 Å². The molecular formula is C10H11F2NO2S. The van der Waals surface area contributed by atoms with Crippen molar-refractivity contribution in [3.63, 3.8) is 0 Å². The highest BCUT2D eigenvalue weighted by Gasteiger charge is 2.22. The number of hydrogen-bond donors (Lipinski definition) is 1. The van der Waals surface area contributed by atoms with E-state index < -0.39 is 32.5 Å². The molecule has 0 aromatic heterocycles. The van der Waals surface area contributed by atoms with Gasteiger partial charge in [-0.1, -0.05) is 12.1 Å². The van der Waals surface area contributed by atoms with Crippen molar-refractivity contribution in [1.82, 2.24) is 0 Å². The summed E-state index contributed by atoms with van der Waals surface area (Å²) in [6, 6.07) is 4.85. The van der Waals surface area contributed by atoms with Crippen molar-refractivity contribution < 1.29 is 17.2 Å². The van der Waals surface area contributed by atoms with Crippen molar-refractivity contribution in [3.8, 4) is 0 Å². The first kappa shape index (κ1) is 12.6. The molecule has 16 heavy (non-hydrogen) atoms. The number of benzene rings is 1. The molecule has 3 nitrogen and oxygen atoms in total. The summed E-state index contributed by atoms with van der Waals surface area (Å²) in [6.45, 7) is 0. The Hall–Kier alpha value is -1.43. The number of sulfone groups is 1. The summed E-state index contributed by atoms with van der Waals surface area (Å²) in [5.74, 6) is -1.70. The molecule has 0 amide bonds. The van der Waals surface area contributed by atoms with Crippen LogP contribution >= 0.6 is 0 Å². The maximum Gasteiger partial charge on any atom is 0.184 e. The Kier molecular flexibility index (Phi) is 4.00. The van der Waals surface area contributed by atoms with Crippen LogP contribution in [0.15, 0.2) is 41.4 Å². The fourth-order valence-electron chi connectivity index (χ4n) is 1.17. The summed E-state index contributed by atoms with van der Waals surface area (Å²) in [7, 11) is -3.97. The van der Waals surface area contributed by atoms with E-state index in [1.807, 2.05) is 0 Å². The summed E-state index contributed by atoms with van der Waals surface area (Å²) in [6.07, 6.45) is 0.0783. The van der Waals surface area contributed by atoms with E-state index in [2.05, 4.69) is 0 Å². The van der Waals surface area contributed by atoms with Gasteiger partial charge in [-0.15, -0.1) is 0 Å². The van der Waals surface area contributed by atoms with Gasteiger partial charge in [0.05, 0.1) is 5.75 Å². The minimum atomic E-state index is -3.97. The van der Waals surface area contributed by atoms with Crippen LogP contribution in [-0.2, 0) is 9.84 Å². The van der Waals surface area contributed by atoms with Crippen LogP contribution in [-0.4, -0.2) is 20.3 Å². The van der Waals surface area contributed by atoms with E-state index in [0.717, 1.165) is 24.4 Å². The second kappa shape index (κ2) is 5.07. The highest BCUT2D eigenvalue weighted by Crippen LogP contribution is 2.17. The van der Waals surface area contributed by atoms with Crippen LogP contribution in [0.1, 0.15) is 0 Å². The van der Waals surface area contributed by atoms with Gasteiger partial charge in [0.25, 0.3) is 0 Å². The number of hydrogen-bond acceptors (Lipinski definition) is 3. The predicted octanol–water partition coefficient (Wildman–Crippen LogP) is 1.41. The SMILES string of the molecule is N/C=C\C(F)CS(=O)(=O)c1ccccc1F.